The van der Waals surface area contributed by atoms with Crippen LogP contribution in [0.2, 0.25) is 0 Å². The quantitative estimate of drug-likeness (QED) is 0.295. The van der Waals surface area contributed by atoms with E-state index in [2.05, 4.69) is 28.5 Å². The van der Waals surface area contributed by atoms with Crippen molar-refractivity contribution in [3.63, 3.8) is 0 Å². The number of nitrogens with zero attached hydrogens (tertiary/aromatic N) is 5. The number of carbonyl (C=O) groups is 1. The monoisotopic (exact) mass is 486 g/mol. The summed E-state index contributed by atoms with van der Waals surface area (Å²) in [6, 6.07) is 24.2. The van der Waals surface area contributed by atoms with E-state index in [4.69, 9.17) is 10.8 Å². The van der Waals surface area contributed by atoms with Crippen LogP contribution in [0, 0.1) is 0 Å². The lowest BCUT2D eigenvalue weighted by Crippen LogP contribution is -2.14. The molecule has 34 heavy (non-hydrogen) atoms. The maximum atomic E-state index is 11.5. The Morgan fingerprint density at radius 3 is 2.44 bits per heavy atom. The molecule has 9 heteroatoms. The molecule has 0 aliphatic carbocycles. The van der Waals surface area contributed by atoms with Crippen molar-refractivity contribution in [3.05, 3.63) is 89.9 Å². The van der Waals surface area contributed by atoms with Crippen LogP contribution in [0.25, 0.3) is 27.6 Å². The lowest BCUT2D eigenvalue weighted by molar-refractivity contribution is -0.118. The molecule has 1 amide bonds. The molecule has 0 saturated carbocycles. The van der Waals surface area contributed by atoms with E-state index in [0.717, 1.165) is 38.4 Å². The Balaban J connectivity index is 1.47. The van der Waals surface area contributed by atoms with E-state index in [1.165, 1.54) is 0 Å². The molecule has 2 aromatic carbocycles. The largest absolute Gasteiger partial charge is 0.370 e. The zero-order chi connectivity index (χ0) is 23.3. The predicted molar refractivity (Wildman–Crippen MR) is 136 cm³/mol. The summed E-state index contributed by atoms with van der Waals surface area (Å²) in [7, 11) is 0. The van der Waals surface area contributed by atoms with Gasteiger partial charge in [-0.1, -0.05) is 66.4 Å². The van der Waals surface area contributed by atoms with E-state index in [0.29, 0.717) is 12.3 Å². The number of thioether (sulfide) groups is 1. The summed E-state index contributed by atoms with van der Waals surface area (Å²) >= 11 is 3.17. The van der Waals surface area contributed by atoms with E-state index in [1.54, 1.807) is 23.1 Å². The highest BCUT2D eigenvalue weighted by Crippen LogP contribution is 2.32. The number of rotatable bonds is 9. The molecule has 0 spiro atoms. The van der Waals surface area contributed by atoms with Crippen molar-refractivity contribution < 1.29 is 4.79 Å². The SMILES string of the molecule is NC(=O)CCn1c(SCc2cn(-c3ccccc3)nc2-c2ccccc2)nnc1-c1cccs1. The highest BCUT2D eigenvalue weighted by atomic mass is 32.2. The number of aromatic nitrogens is 5. The number of amides is 1. The van der Waals surface area contributed by atoms with Gasteiger partial charge in [-0.05, 0) is 23.6 Å². The fourth-order valence-electron chi connectivity index (χ4n) is 3.62. The molecular weight excluding hydrogens is 464 g/mol. The van der Waals surface area contributed by atoms with Crippen molar-refractivity contribution in [2.75, 3.05) is 0 Å². The van der Waals surface area contributed by atoms with E-state index < -0.39 is 0 Å². The van der Waals surface area contributed by atoms with Crippen molar-refractivity contribution in [3.8, 4) is 27.6 Å². The third-order valence-electron chi connectivity index (χ3n) is 5.25. The standard InChI is InChI=1S/C25H22N6OS2/c26-22(32)13-14-30-24(21-12-7-15-33-21)27-28-25(30)34-17-19-16-31(20-10-5-2-6-11-20)29-23(19)18-8-3-1-4-9-18/h1-12,15-16H,13-14,17H2,(H2,26,32). The summed E-state index contributed by atoms with van der Waals surface area (Å²) in [5.41, 5.74) is 9.50. The molecule has 2 N–H and O–H groups in total. The lowest BCUT2D eigenvalue weighted by Gasteiger charge is -2.08. The lowest BCUT2D eigenvalue weighted by atomic mass is 10.1. The second-order valence-electron chi connectivity index (χ2n) is 7.59. The number of hydrogen-bond acceptors (Lipinski definition) is 6. The number of benzene rings is 2. The molecule has 0 unspecified atom stereocenters. The Bertz CT molecular complexity index is 1380. The molecule has 7 nitrogen and oxygen atoms in total. The van der Waals surface area contributed by atoms with Crippen LogP contribution >= 0.6 is 23.1 Å². The highest BCUT2D eigenvalue weighted by Gasteiger charge is 2.18. The molecule has 0 radical (unpaired) electrons. The van der Waals surface area contributed by atoms with Crippen LogP contribution in [-0.4, -0.2) is 30.5 Å². The molecule has 0 fully saturated rings. The number of thiophene rings is 1. The summed E-state index contributed by atoms with van der Waals surface area (Å²) in [5.74, 6) is 1.05. The minimum Gasteiger partial charge on any atom is -0.370 e. The van der Waals surface area contributed by atoms with Gasteiger partial charge >= 0.3 is 0 Å². The van der Waals surface area contributed by atoms with Crippen molar-refractivity contribution in [2.24, 2.45) is 5.73 Å². The molecule has 3 heterocycles. The minimum absolute atomic E-state index is 0.227. The average molecular weight is 487 g/mol. The van der Waals surface area contributed by atoms with Gasteiger partial charge in [0.2, 0.25) is 5.91 Å². The molecule has 0 saturated heterocycles. The fourth-order valence-corrected chi connectivity index (χ4v) is 5.26. The van der Waals surface area contributed by atoms with Gasteiger partial charge in [-0.2, -0.15) is 5.10 Å². The Morgan fingerprint density at radius 1 is 0.971 bits per heavy atom. The third kappa shape index (κ3) is 4.80. The molecule has 0 aliphatic rings. The van der Waals surface area contributed by atoms with E-state index in [-0.39, 0.29) is 12.3 Å². The van der Waals surface area contributed by atoms with Crippen LogP contribution in [0.5, 0.6) is 0 Å². The predicted octanol–water partition coefficient (Wildman–Crippen LogP) is 5.03. The van der Waals surface area contributed by atoms with Gasteiger partial charge in [-0.15, -0.1) is 21.5 Å². The van der Waals surface area contributed by atoms with Crippen LogP contribution in [0.1, 0.15) is 12.0 Å². The van der Waals surface area contributed by atoms with Crippen LogP contribution in [0.4, 0.5) is 0 Å². The first-order chi connectivity index (χ1) is 16.7. The van der Waals surface area contributed by atoms with Gasteiger partial charge in [-0.3, -0.25) is 4.79 Å². The topological polar surface area (TPSA) is 91.6 Å². The summed E-state index contributed by atoms with van der Waals surface area (Å²) < 4.78 is 3.89. The molecule has 3 aromatic heterocycles. The average Bonchev–Trinajstić information content (AvgIpc) is 3.62. The smallest absolute Gasteiger partial charge is 0.219 e. The van der Waals surface area contributed by atoms with E-state index >= 15 is 0 Å². The number of para-hydroxylation sites is 1. The second-order valence-corrected chi connectivity index (χ2v) is 9.48. The maximum absolute atomic E-state index is 11.5. The first-order valence-corrected chi connectivity index (χ1v) is 12.6. The van der Waals surface area contributed by atoms with Crippen molar-refractivity contribution in [1.82, 2.24) is 24.5 Å². The van der Waals surface area contributed by atoms with E-state index in [9.17, 15) is 4.79 Å². The summed E-state index contributed by atoms with van der Waals surface area (Å²) in [4.78, 5) is 12.5. The van der Waals surface area contributed by atoms with Crippen molar-refractivity contribution in [2.45, 2.75) is 23.9 Å². The van der Waals surface area contributed by atoms with Crippen LogP contribution < -0.4 is 5.73 Å². The van der Waals surface area contributed by atoms with Gasteiger partial charge in [0.1, 0.15) is 0 Å². The highest BCUT2D eigenvalue weighted by molar-refractivity contribution is 7.98. The molecular formula is C25H22N6OS2. The van der Waals surface area contributed by atoms with Gasteiger partial charge in [-0.25, -0.2) is 4.68 Å². The Hall–Kier alpha value is -3.69. The van der Waals surface area contributed by atoms with Gasteiger partial charge in [0.25, 0.3) is 0 Å². The number of primary amides is 1. The van der Waals surface area contributed by atoms with E-state index in [1.807, 2.05) is 75.3 Å². The third-order valence-corrected chi connectivity index (χ3v) is 7.14. The zero-order valence-electron chi connectivity index (χ0n) is 18.2. The molecule has 0 aliphatic heterocycles. The minimum atomic E-state index is -0.350. The van der Waals surface area contributed by atoms with Gasteiger partial charge in [0.15, 0.2) is 11.0 Å². The Labute approximate surface area is 205 Å². The summed E-state index contributed by atoms with van der Waals surface area (Å²) in [6.07, 6.45) is 2.29. The molecule has 0 bridgehead atoms. The van der Waals surface area contributed by atoms with Crippen LogP contribution in [-0.2, 0) is 17.1 Å². The summed E-state index contributed by atoms with van der Waals surface area (Å²) in [6.45, 7) is 0.437. The molecule has 170 valence electrons. The van der Waals surface area contributed by atoms with Gasteiger partial charge in [0.05, 0.1) is 16.3 Å². The first kappa shape index (κ1) is 22.1. The van der Waals surface area contributed by atoms with Crippen molar-refractivity contribution >= 4 is 29.0 Å². The maximum Gasteiger partial charge on any atom is 0.219 e. The molecule has 5 rings (SSSR count). The van der Waals surface area contributed by atoms with Gasteiger partial charge < -0.3 is 10.3 Å². The summed E-state index contributed by atoms with van der Waals surface area (Å²) in [5, 5.41) is 16.5. The Morgan fingerprint density at radius 2 is 1.74 bits per heavy atom. The zero-order valence-corrected chi connectivity index (χ0v) is 19.9. The molecule has 5 aromatic rings. The number of carbonyl (C=O) groups excluding carboxylic acids is 1. The Kier molecular flexibility index (Phi) is 6.55. The number of nitrogens with two attached hydrogens (primary N) is 1. The fraction of sp³-hybridized carbons (Fsp3) is 0.120. The van der Waals surface area contributed by atoms with Crippen molar-refractivity contribution in [1.29, 1.82) is 0 Å². The van der Waals surface area contributed by atoms with Crippen LogP contribution in [0.3, 0.4) is 0 Å². The second kappa shape index (κ2) is 10.1. The van der Waals surface area contributed by atoms with Crippen LogP contribution in [0.15, 0.2) is 89.5 Å². The first-order valence-electron chi connectivity index (χ1n) is 10.8. The normalized spacial score (nSPS) is 11.1. The van der Waals surface area contributed by atoms with Gasteiger partial charge in [0, 0.05) is 36.0 Å². The molecule has 0 atom stereocenters. The number of hydrogen-bond donors (Lipinski definition) is 1.